The van der Waals surface area contributed by atoms with E-state index in [0.29, 0.717) is 24.4 Å². The summed E-state index contributed by atoms with van der Waals surface area (Å²) in [5.74, 6) is 0.524. The standard InChI is InChI=1S/C18H24N4O3/c1-13(2)22-10-16(19-20-22)18(24)7-8-21(12-18)17(23)11-25-15-6-4-5-14(3)9-15/h4-6,9-10,13,24H,7-8,11-12H2,1-3H3/t18-/m1/s1. The molecule has 134 valence electrons. The molecule has 7 heteroatoms. The van der Waals surface area contributed by atoms with Crippen LogP contribution in [0.2, 0.25) is 0 Å². The van der Waals surface area contributed by atoms with Gasteiger partial charge in [-0.15, -0.1) is 5.10 Å². The van der Waals surface area contributed by atoms with Gasteiger partial charge in [-0.3, -0.25) is 4.79 Å². The minimum absolute atomic E-state index is 0.0434. The van der Waals surface area contributed by atoms with Crippen LogP contribution in [0.15, 0.2) is 30.5 Å². The molecule has 25 heavy (non-hydrogen) atoms. The number of aliphatic hydroxyl groups is 1. The van der Waals surface area contributed by atoms with Crippen LogP contribution < -0.4 is 4.74 Å². The number of aryl methyl sites for hydroxylation is 1. The lowest BCUT2D eigenvalue weighted by Crippen LogP contribution is -2.37. The minimum Gasteiger partial charge on any atom is -0.484 e. The largest absolute Gasteiger partial charge is 0.484 e. The van der Waals surface area contributed by atoms with Crippen LogP contribution in [0.3, 0.4) is 0 Å². The van der Waals surface area contributed by atoms with Gasteiger partial charge in [0, 0.05) is 19.0 Å². The van der Waals surface area contributed by atoms with E-state index in [-0.39, 0.29) is 25.1 Å². The highest BCUT2D eigenvalue weighted by molar-refractivity contribution is 5.78. The van der Waals surface area contributed by atoms with E-state index in [1.165, 1.54) is 0 Å². The molecule has 7 nitrogen and oxygen atoms in total. The number of carbonyl (C=O) groups excluding carboxylic acids is 1. The second-order valence-corrected chi connectivity index (χ2v) is 6.88. The molecular weight excluding hydrogens is 320 g/mol. The molecule has 1 aromatic carbocycles. The summed E-state index contributed by atoms with van der Waals surface area (Å²) in [5.41, 5.74) is 0.441. The van der Waals surface area contributed by atoms with Crippen molar-refractivity contribution in [2.75, 3.05) is 19.7 Å². The minimum atomic E-state index is -1.15. The zero-order chi connectivity index (χ0) is 18.0. The van der Waals surface area contributed by atoms with Gasteiger partial charge in [0.25, 0.3) is 5.91 Å². The molecule has 1 N–H and O–H groups in total. The number of nitrogens with zero attached hydrogens (tertiary/aromatic N) is 4. The summed E-state index contributed by atoms with van der Waals surface area (Å²) in [6, 6.07) is 7.75. The average molecular weight is 344 g/mol. The predicted octanol–water partition coefficient (Wildman–Crippen LogP) is 1.67. The number of rotatable bonds is 5. The fraction of sp³-hybridized carbons (Fsp3) is 0.500. The molecule has 0 radical (unpaired) electrons. The fourth-order valence-corrected chi connectivity index (χ4v) is 2.90. The Kier molecular flexibility index (Phi) is 4.76. The van der Waals surface area contributed by atoms with Crippen molar-refractivity contribution in [2.24, 2.45) is 0 Å². The molecule has 3 rings (SSSR count). The van der Waals surface area contributed by atoms with E-state index in [1.54, 1.807) is 15.8 Å². The Morgan fingerprint density at radius 1 is 1.44 bits per heavy atom. The van der Waals surface area contributed by atoms with Gasteiger partial charge in [0.05, 0.1) is 12.7 Å². The lowest BCUT2D eigenvalue weighted by molar-refractivity contribution is -0.133. The summed E-state index contributed by atoms with van der Waals surface area (Å²) in [6.45, 7) is 6.60. The quantitative estimate of drug-likeness (QED) is 0.892. The van der Waals surface area contributed by atoms with Crippen molar-refractivity contribution in [1.29, 1.82) is 0 Å². The molecule has 1 aromatic heterocycles. The first-order chi connectivity index (χ1) is 11.9. The molecule has 1 aliphatic rings. The normalized spacial score (nSPS) is 20.3. The van der Waals surface area contributed by atoms with Crippen LogP contribution >= 0.6 is 0 Å². The molecule has 1 aliphatic heterocycles. The maximum Gasteiger partial charge on any atom is 0.260 e. The lowest BCUT2D eigenvalue weighted by atomic mass is 10.00. The molecule has 1 saturated heterocycles. The van der Waals surface area contributed by atoms with Gasteiger partial charge < -0.3 is 14.7 Å². The summed E-state index contributed by atoms with van der Waals surface area (Å²) in [5, 5.41) is 19.0. The van der Waals surface area contributed by atoms with E-state index in [0.717, 1.165) is 5.56 Å². The summed E-state index contributed by atoms with van der Waals surface area (Å²) in [6.07, 6.45) is 2.20. The first-order valence-corrected chi connectivity index (χ1v) is 8.49. The average Bonchev–Trinajstić information content (AvgIpc) is 3.21. The Hall–Kier alpha value is -2.41. The Morgan fingerprint density at radius 2 is 2.24 bits per heavy atom. The molecule has 0 bridgehead atoms. The molecule has 1 amide bonds. The smallest absolute Gasteiger partial charge is 0.260 e. The van der Waals surface area contributed by atoms with Crippen molar-refractivity contribution in [3.63, 3.8) is 0 Å². The van der Waals surface area contributed by atoms with Crippen LogP contribution in [0.5, 0.6) is 5.75 Å². The lowest BCUT2D eigenvalue weighted by Gasteiger charge is -2.21. The Morgan fingerprint density at radius 3 is 2.92 bits per heavy atom. The highest BCUT2D eigenvalue weighted by Crippen LogP contribution is 2.30. The van der Waals surface area contributed by atoms with E-state index < -0.39 is 5.60 Å². The molecule has 0 saturated carbocycles. The Bertz CT molecular complexity index is 758. The van der Waals surface area contributed by atoms with Crippen molar-refractivity contribution in [3.05, 3.63) is 41.7 Å². The topological polar surface area (TPSA) is 80.5 Å². The number of amides is 1. The number of carbonyl (C=O) groups is 1. The number of aromatic nitrogens is 3. The summed E-state index contributed by atoms with van der Waals surface area (Å²) in [4.78, 5) is 14.0. The number of benzene rings is 1. The summed E-state index contributed by atoms with van der Waals surface area (Å²) in [7, 11) is 0. The van der Waals surface area contributed by atoms with Gasteiger partial charge in [-0.2, -0.15) is 0 Å². The van der Waals surface area contributed by atoms with E-state index in [1.807, 2.05) is 45.0 Å². The van der Waals surface area contributed by atoms with Crippen LogP contribution in [0.25, 0.3) is 0 Å². The summed E-state index contributed by atoms with van der Waals surface area (Å²) < 4.78 is 7.27. The number of likely N-dealkylation sites (tertiary alicyclic amines) is 1. The van der Waals surface area contributed by atoms with Gasteiger partial charge in [0.15, 0.2) is 6.61 Å². The highest BCUT2D eigenvalue weighted by atomic mass is 16.5. The third-order valence-electron chi connectivity index (χ3n) is 4.47. The zero-order valence-electron chi connectivity index (χ0n) is 14.8. The predicted molar refractivity (Wildman–Crippen MR) is 92.2 cm³/mol. The van der Waals surface area contributed by atoms with Gasteiger partial charge in [-0.25, -0.2) is 4.68 Å². The maximum absolute atomic E-state index is 12.4. The summed E-state index contributed by atoms with van der Waals surface area (Å²) >= 11 is 0. The highest BCUT2D eigenvalue weighted by Gasteiger charge is 2.42. The first kappa shape index (κ1) is 17.4. The number of hydrogen-bond donors (Lipinski definition) is 1. The van der Waals surface area contributed by atoms with E-state index in [4.69, 9.17) is 4.74 Å². The van der Waals surface area contributed by atoms with Gasteiger partial charge in [-0.05, 0) is 38.5 Å². The van der Waals surface area contributed by atoms with Crippen molar-refractivity contribution in [3.8, 4) is 5.75 Å². The number of β-amino-alcohol motifs (C(OH)–C–C–N with tert-alkyl or cyclic N) is 1. The molecule has 1 fully saturated rings. The van der Waals surface area contributed by atoms with E-state index in [2.05, 4.69) is 10.3 Å². The second kappa shape index (κ2) is 6.84. The number of hydrogen-bond acceptors (Lipinski definition) is 5. The third-order valence-corrected chi connectivity index (χ3v) is 4.47. The second-order valence-electron chi connectivity index (χ2n) is 6.88. The Balaban J connectivity index is 1.60. The Labute approximate surface area is 147 Å². The molecule has 0 spiro atoms. The van der Waals surface area contributed by atoms with Crippen LogP contribution in [-0.4, -0.2) is 50.6 Å². The zero-order valence-corrected chi connectivity index (χ0v) is 14.8. The van der Waals surface area contributed by atoms with E-state index in [9.17, 15) is 9.90 Å². The van der Waals surface area contributed by atoms with Crippen LogP contribution in [-0.2, 0) is 10.4 Å². The van der Waals surface area contributed by atoms with Crippen molar-refractivity contribution in [1.82, 2.24) is 19.9 Å². The molecular formula is C18H24N4O3. The van der Waals surface area contributed by atoms with Crippen molar-refractivity contribution in [2.45, 2.75) is 38.8 Å². The molecule has 2 aromatic rings. The third kappa shape index (κ3) is 3.82. The molecule has 0 unspecified atom stereocenters. The molecule has 0 aliphatic carbocycles. The van der Waals surface area contributed by atoms with Crippen molar-refractivity contribution < 1.29 is 14.6 Å². The van der Waals surface area contributed by atoms with Crippen LogP contribution in [0.1, 0.15) is 37.6 Å². The monoisotopic (exact) mass is 344 g/mol. The maximum atomic E-state index is 12.4. The fourth-order valence-electron chi connectivity index (χ4n) is 2.90. The van der Waals surface area contributed by atoms with Gasteiger partial charge in [0.2, 0.25) is 0 Å². The van der Waals surface area contributed by atoms with E-state index >= 15 is 0 Å². The van der Waals surface area contributed by atoms with Crippen molar-refractivity contribution >= 4 is 5.91 Å². The molecule has 2 heterocycles. The van der Waals surface area contributed by atoms with Crippen LogP contribution in [0, 0.1) is 6.92 Å². The first-order valence-electron chi connectivity index (χ1n) is 8.49. The molecule has 1 atom stereocenters. The van der Waals surface area contributed by atoms with Crippen LogP contribution in [0.4, 0.5) is 0 Å². The van der Waals surface area contributed by atoms with Gasteiger partial charge >= 0.3 is 0 Å². The van der Waals surface area contributed by atoms with Gasteiger partial charge in [0.1, 0.15) is 17.0 Å². The number of ether oxygens (including phenoxy) is 1. The SMILES string of the molecule is Cc1cccc(OCC(=O)N2CC[C@](O)(c3cn(C(C)C)nn3)C2)c1. The van der Waals surface area contributed by atoms with Gasteiger partial charge in [-0.1, -0.05) is 17.3 Å².